The highest BCUT2D eigenvalue weighted by atomic mass is 32.1. The van der Waals surface area contributed by atoms with Crippen molar-refractivity contribution in [2.24, 2.45) is 0 Å². The van der Waals surface area contributed by atoms with Crippen molar-refractivity contribution >= 4 is 33.1 Å². The van der Waals surface area contributed by atoms with Gasteiger partial charge in [0.2, 0.25) is 0 Å². The number of nitrogens with zero attached hydrogens (tertiary/aromatic N) is 5. The summed E-state index contributed by atoms with van der Waals surface area (Å²) in [6, 6.07) is 10.4. The Bertz CT molecular complexity index is 1560. The first kappa shape index (κ1) is 28.7. The number of methoxy groups -OCH3 is 1. The van der Waals surface area contributed by atoms with E-state index in [1.54, 1.807) is 31.0 Å². The Balaban J connectivity index is 1.16. The fourth-order valence-electron chi connectivity index (χ4n) is 5.57. The second kappa shape index (κ2) is 12.8. The molecule has 42 heavy (non-hydrogen) atoms. The molecule has 0 spiro atoms. The van der Waals surface area contributed by atoms with Gasteiger partial charge in [-0.2, -0.15) is 0 Å². The van der Waals surface area contributed by atoms with Crippen LogP contribution in [0.4, 0.5) is 11.5 Å². The normalized spacial score (nSPS) is 18.8. The number of fused-ring (bicyclic) bond motifs is 3. The van der Waals surface area contributed by atoms with Crippen LogP contribution in [0.15, 0.2) is 55.0 Å². The molecular formula is C32H38N6O3S. The van der Waals surface area contributed by atoms with Crippen molar-refractivity contribution in [3.8, 4) is 11.5 Å². The molecule has 1 N–H and O–H groups in total. The highest BCUT2D eigenvalue weighted by molar-refractivity contribution is 7.19. The Morgan fingerprint density at radius 1 is 1.17 bits per heavy atom. The molecule has 1 fully saturated rings. The smallest absolute Gasteiger partial charge is 0.145 e. The number of hydrogen-bond donors (Lipinski definition) is 1. The molecule has 1 unspecified atom stereocenters. The van der Waals surface area contributed by atoms with Crippen molar-refractivity contribution in [2.75, 3.05) is 45.3 Å². The standard InChI is InChI=1S/C32H38N6O3S/c1-21-16-24(8-10-27(21)41-25-9-7-22(2)33-17-25)36-31-30-26-11-13-38(18-28(26)42-32(30)35-20-34-31)29(39-4)6-5-12-37-14-15-40-19-23(37)3/h5-10,16-17,20,23,29H,11-15,18-19H2,1-4H3,(H,34,35,36)/b6-5+/t23-,29?/m0/s1. The SMILES string of the molecule is COC(/C=C/CN1CCOC[C@@H]1C)N1CCc2c(sc3ncnc(Nc4ccc(Oc5ccc(C)nc5)c(C)c4)c23)C1. The first-order valence-corrected chi connectivity index (χ1v) is 15.3. The average Bonchev–Trinajstić information content (AvgIpc) is 3.37. The van der Waals surface area contributed by atoms with E-state index in [1.807, 2.05) is 38.1 Å². The number of hydrogen-bond acceptors (Lipinski definition) is 10. The van der Waals surface area contributed by atoms with Crippen molar-refractivity contribution in [1.29, 1.82) is 0 Å². The number of morpholine rings is 1. The number of nitrogens with one attached hydrogen (secondary N) is 1. The van der Waals surface area contributed by atoms with Gasteiger partial charge in [0.15, 0.2) is 0 Å². The highest BCUT2D eigenvalue weighted by Crippen LogP contribution is 2.39. The van der Waals surface area contributed by atoms with Crippen molar-refractivity contribution in [1.82, 2.24) is 24.8 Å². The molecule has 0 bridgehead atoms. The molecule has 220 valence electrons. The summed E-state index contributed by atoms with van der Waals surface area (Å²) in [4.78, 5) is 20.8. The Morgan fingerprint density at radius 3 is 2.86 bits per heavy atom. The second-order valence-corrected chi connectivity index (χ2v) is 12.0. The molecular weight excluding hydrogens is 548 g/mol. The molecule has 6 rings (SSSR count). The van der Waals surface area contributed by atoms with E-state index in [1.165, 1.54) is 10.4 Å². The lowest BCUT2D eigenvalue weighted by molar-refractivity contribution is -0.00673. The fraction of sp³-hybridized carbons (Fsp3) is 0.406. The predicted octanol–water partition coefficient (Wildman–Crippen LogP) is 5.85. The largest absolute Gasteiger partial charge is 0.455 e. The van der Waals surface area contributed by atoms with Gasteiger partial charge in [0.05, 0.1) is 24.8 Å². The number of aryl methyl sites for hydroxylation is 2. The van der Waals surface area contributed by atoms with E-state index in [9.17, 15) is 0 Å². The zero-order valence-corrected chi connectivity index (χ0v) is 25.5. The summed E-state index contributed by atoms with van der Waals surface area (Å²) in [5.41, 5.74) is 4.27. The zero-order chi connectivity index (χ0) is 29.1. The molecule has 0 aliphatic carbocycles. The Morgan fingerprint density at radius 2 is 2.07 bits per heavy atom. The molecule has 2 aliphatic heterocycles. The average molecular weight is 587 g/mol. The molecule has 9 nitrogen and oxygen atoms in total. The molecule has 10 heteroatoms. The molecule has 2 aliphatic rings. The maximum atomic E-state index is 6.06. The number of benzene rings is 1. The third-order valence-electron chi connectivity index (χ3n) is 7.96. The lowest BCUT2D eigenvalue weighted by Gasteiger charge is -2.33. The minimum Gasteiger partial charge on any atom is -0.455 e. The minimum atomic E-state index is -0.0669. The van der Waals surface area contributed by atoms with Gasteiger partial charge in [0.25, 0.3) is 0 Å². The first-order chi connectivity index (χ1) is 20.5. The van der Waals surface area contributed by atoms with Gasteiger partial charge in [0, 0.05) is 55.6 Å². The van der Waals surface area contributed by atoms with Crippen LogP contribution in [0.5, 0.6) is 11.5 Å². The molecule has 1 aromatic carbocycles. The number of rotatable bonds is 9. The maximum Gasteiger partial charge on any atom is 0.145 e. The number of aromatic nitrogens is 3. The summed E-state index contributed by atoms with van der Waals surface area (Å²) in [7, 11) is 1.79. The number of ether oxygens (including phenoxy) is 3. The summed E-state index contributed by atoms with van der Waals surface area (Å²) in [5, 5.41) is 4.67. The number of thiophene rings is 1. The van der Waals surface area contributed by atoms with E-state index in [0.29, 0.717) is 6.04 Å². The Hall–Kier alpha value is -3.41. The van der Waals surface area contributed by atoms with Crippen LogP contribution in [0, 0.1) is 13.8 Å². The molecule has 0 saturated carbocycles. The third kappa shape index (κ3) is 6.33. The fourth-order valence-corrected chi connectivity index (χ4v) is 6.79. The zero-order valence-electron chi connectivity index (χ0n) is 24.7. The van der Waals surface area contributed by atoms with Gasteiger partial charge in [-0.1, -0.05) is 6.08 Å². The van der Waals surface area contributed by atoms with Gasteiger partial charge < -0.3 is 19.5 Å². The summed E-state index contributed by atoms with van der Waals surface area (Å²) >= 11 is 1.75. The van der Waals surface area contributed by atoms with E-state index >= 15 is 0 Å². The van der Waals surface area contributed by atoms with Crippen molar-refractivity contribution < 1.29 is 14.2 Å². The maximum absolute atomic E-state index is 6.06. The van der Waals surface area contributed by atoms with Crippen molar-refractivity contribution in [3.63, 3.8) is 0 Å². The van der Waals surface area contributed by atoms with Gasteiger partial charge in [-0.25, -0.2) is 9.97 Å². The molecule has 3 aromatic heterocycles. The molecule has 2 atom stereocenters. The Labute approximate surface area is 251 Å². The quantitative estimate of drug-likeness (QED) is 0.243. The first-order valence-electron chi connectivity index (χ1n) is 14.5. The lowest BCUT2D eigenvalue weighted by Crippen LogP contribution is -2.43. The number of anilines is 2. The van der Waals surface area contributed by atoms with E-state index < -0.39 is 0 Å². The van der Waals surface area contributed by atoms with Crippen LogP contribution < -0.4 is 10.1 Å². The van der Waals surface area contributed by atoms with Gasteiger partial charge in [-0.3, -0.25) is 14.8 Å². The van der Waals surface area contributed by atoms with Crippen LogP contribution in [0.2, 0.25) is 0 Å². The molecule has 0 radical (unpaired) electrons. The monoisotopic (exact) mass is 586 g/mol. The summed E-state index contributed by atoms with van der Waals surface area (Å²) in [6.07, 6.45) is 8.67. The molecule has 1 saturated heterocycles. The third-order valence-corrected chi connectivity index (χ3v) is 9.09. The van der Waals surface area contributed by atoms with E-state index in [-0.39, 0.29) is 6.23 Å². The molecule has 4 aromatic rings. The van der Waals surface area contributed by atoms with E-state index in [4.69, 9.17) is 14.2 Å². The van der Waals surface area contributed by atoms with Crippen LogP contribution in [0.3, 0.4) is 0 Å². The van der Waals surface area contributed by atoms with Gasteiger partial charge >= 0.3 is 0 Å². The van der Waals surface area contributed by atoms with Gasteiger partial charge in [-0.15, -0.1) is 11.3 Å². The van der Waals surface area contributed by atoms with Gasteiger partial charge in [-0.05, 0) is 74.7 Å². The predicted molar refractivity (Wildman–Crippen MR) is 167 cm³/mol. The molecule has 5 heterocycles. The Kier molecular flexibility index (Phi) is 8.78. The molecule has 0 amide bonds. The highest BCUT2D eigenvalue weighted by Gasteiger charge is 2.27. The number of pyridine rings is 1. The van der Waals surface area contributed by atoms with Crippen LogP contribution >= 0.6 is 11.3 Å². The summed E-state index contributed by atoms with van der Waals surface area (Å²) < 4.78 is 17.5. The minimum absolute atomic E-state index is 0.0669. The van der Waals surface area contributed by atoms with Crippen LogP contribution in [0.25, 0.3) is 10.2 Å². The van der Waals surface area contributed by atoms with E-state index in [2.05, 4.69) is 55.2 Å². The van der Waals surface area contributed by atoms with Gasteiger partial charge in [0.1, 0.15) is 34.7 Å². The summed E-state index contributed by atoms with van der Waals surface area (Å²) in [5.74, 6) is 2.36. The van der Waals surface area contributed by atoms with Crippen LogP contribution in [0.1, 0.15) is 28.6 Å². The van der Waals surface area contributed by atoms with Crippen molar-refractivity contribution in [2.45, 2.75) is 46.0 Å². The second-order valence-electron chi connectivity index (χ2n) is 10.9. The van der Waals surface area contributed by atoms with Crippen LogP contribution in [-0.2, 0) is 22.4 Å². The van der Waals surface area contributed by atoms with Crippen LogP contribution in [-0.4, -0.2) is 77.0 Å². The van der Waals surface area contributed by atoms with Crippen molar-refractivity contribution in [3.05, 3.63) is 76.7 Å². The lowest BCUT2D eigenvalue weighted by atomic mass is 10.0. The topological polar surface area (TPSA) is 84.9 Å². The van der Waals surface area contributed by atoms with E-state index in [0.717, 1.165) is 90.3 Å². The summed E-state index contributed by atoms with van der Waals surface area (Å²) in [6.45, 7) is 11.4.